The molecule has 0 saturated heterocycles. The molecule has 0 fully saturated rings. The van der Waals surface area contributed by atoms with Gasteiger partial charge in [-0.05, 0) is 39.0 Å². The number of thiophene rings is 1. The Balaban J connectivity index is 1.92. The number of hydrogen-bond donors (Lipinski definition) is 1. The Morgan fingerprint density at radius 2 is 2.21 bits per heavy atom. The topological polar surface area (TPSA) is 42.0 Å². The second-order valence-electron chi connectivity index (χ2n) is 4.30. The SMILES string of the molecule is Cc1ccc(C(C)NC(=O)/C=C/c2csc(C)n2)s1. The molecule has 2 aromatic rings. The minimum absolute atomic E-state index is 0.0352. The second kappa shape index (κ2) is 6.12. The van der Waals surface area contributed by atoms with Crippen LogP contribution in [0.2, 0.25) is 0 Å². The van der Waals surface area contributed by atoms with E-state index in [1.54, 1.807) is 28.7 Å². The Morgan fingerprint density at radius 3 is 2.79 bits per heavy atom. The number of nitrogens with one attached hydrogen (secondary N) is 1. The van der Waals surface area contributed by atoms with Crippen molar-refractivity contribution >= 4 is 34.7 Å². The van der Waals surface area contributed by atoms with E-state index >= 15 is 0 Å². The highest BCUT2D eigenvalue weighted by atomic mass is 32.1. The second-order valence-corrected chi connectivity index (χ2v) is 6.69. The summed E-state index contributed by atoms with van der Waals surface area (Å²) in [4.78, 5) is 18.5. The van der Waals surface area contributed by atoms with Crippen LogP contribution in [-0.4, -0.2) is 10.9 Å². The molecule has 0 aromatic carbocycles. The van der Waals surface area contributed by atoms with Crippen molar-refractivity contribution in [2.75, 3.05) is 0 Å². The molecule has 5 heteroatoms. The van der Waals surface area contributed by atoms with Gasteiger partial charge < -0.3 is 5.32 Å². The highest BCUT2D eigenvalue weighted by Crippen LogP contribution is 2.22. The predicted octanol–water partition coefficient (Wildman–Crippen LogP) is 3.71. The van der Waals surface area contributed by atoms with E-state index in [9.17, 15) is 4.79 Å². The van der Waals surface area contributed by atoms with E-state index in [2.05, 4.69) is 29.4 Å². The van der Waals surface area contributed by atoms with E-state index in [-0.39, 0.29) is 11.9 Å². The first kappa shape index (κ1) is 14.0. The number of aryl methyl sites for hydroxylation is 2. The van der Waals surface area contributed by atoms with Crippen molar-refractivity contribution in [3.05, 3.63) is 44.0 Å². The van der Waals surface area contributed by atoms with Crippen LogP contribution in [0.15, 0.2) is 23.6 Å². The largest absolute Gasteiger partial charge is 0.345 e. The van der Waals surface area contributed by atoms with Crippen LogP contribution in [-0.2, 0) is 4.79 Å². The average molecular weight is 292 g/mol. The average Bonchev–Trinajstić information content (AvgIpc) is 2.95. The number of carbonyl (C=O) groups is 1. The molecule has 3 nitrogen and oxygen atoms in total. The van der Waals surface area contributed by atoms with Crippen molar-refractivity contribution in [3.63, 3.8) is 0 Å². The Labute approximate surface area is 121 Å². The van der Waals surface area contributed by atoms with Crippen molar-refractivity contribution in [2.45, 2.75) is 26.8 Å². The number of thiazole rings is 1. The van der Waals surface area contributed by atoms with E-state index in [1.807, 2.05) is 19.2 Å². The van der Waals surface area contributed by atoms with Crippen molar-refractivity contribution in [2.24, 2.45) is 0 Å². The Hall–Kier alpha value is -1.46. The maximum absolute atomic E-state index is 11.8. The van der Waals surface area contributed by atoms with Gasteiger partial charge in [0.15, 0.2) is 0 Å². The zero-order valence-corrected chi connectivity index (χ0v) is 12.8. The highest BCUT2D eigenvalue weighted by Gasteiger charge is 2.09. The van der Waals surface area contributed by atoms with E-state index in [0.717, 1.165) is 10.7 Å². The van der Waals surface area contributed by atoms with Gasteiger partial charge in [0, 0.05) is 21.2 Å². The number of rotatable bonds is 4. The predicted molar refractivity (Wildman–Crippen MR) is 81.5 cm³/mol. The van der Waals surface area contributed by atoms with Crippen LogP contribution in [0.4, 0.5) is 0 Å². The van der Waals surface area contributed by atoms with Crippen molar-refractivity contribution in [1.82, 2.24) is 10.3 Å². The first-order valence-corrected chi connectivity index (χ1v) is 7.71. The van der Waals surface area contributed by atoms with Crippen LogP contribution < -0.4 is 5.32 Å². The number of amides is 1. The Morgan fingerprint density at radius 1 is 1.42 bits per heavy atom. The standard InChI is InChI=1S/C14H16N2OS2/c1-9-4-6-13(19-9)10(2)15-14(17)7-5-12-8-18-11(3)16-12/h4-8,10H,1-3H3,(H,15,17)/b7-5+. The van der Waals surface area contributed by atoms with Gasteiger partial charge in [-0.1, -0.05) is 0 Å². The van der Waals surface area contributed by atoms with Gasteiger partial charge in [0.05, 0.1) is 16.7 Å². The molecule has 1 atom stereocenters. The Bertz CT molecular complexity index is 598. The first-order valence-electron chi connectivity index (χ1n) is 6.01. The zero-order chi connectivity index (χ0) is 13.8. The number of carbonyl (C=O) groups excluding carboxylic acids is 1. The zero-order valence-electron chi connectivity index (χ0n) is 11.1. The van der Waals surface area contributed by atoms with Gasteiger partial charge in [-0.25, -0.2) is 4.98 Å². The molecule has 0 spiro atoms. The summed E-state index contributed by atoms with van der Waals surface area (Å²) in [6.07, 6.45) is 3.27. The molecular weight excluding hydrogens is 276 g/mol. The molecule has 1 unspecified atom stereocenters. The van der Waals surface area contributed by atoms with Gasteiger partial charge in [-0.15, -0.1) is 22.7 Å². The van der Waals surface area contributed by atoms with Gasteiger partial charge in [0.25, 0.3) is 0 Å². The summed E-state index contributed by atoms with van der Waals surface area (Å²) in [6, 6.07) is 4.16. The van der Waals surface area contributed by atoms with Gasteiger partial charge in [0.2, 0.25) is 5.91 Å². The summed E-state index contributed by atoms with van der Waals surface area (Å²) in [5.74, 6) is -0.0933. The van der Waals surface area contributed by atoms with Gasteiger partial charge >= 0.3 is 0 Å². The molecule has 0 bridgehead atoms. The fraction of sp³-hybridized carbons (Fsp3) is 0.286. The van der Waals surface area contributed by atoms with E-state index in [4.69, 9.17) is 0 Å². The van der Waals surface area contributed by atoms with Crippen molar-refractivity contribution in [3.8, 4) is 0 Å². The third-order valence-corrected chi connectivity index (χ3v) is 4.56. The number of hydrogen-bond acceptors (Lipinski definition) is 4. The molecule has 1 N–H and O–H groups in total. The van der Waals surface area contributed by atoms with E-state index in [1.165, 1.54) is 15.8 Å². The van der Waals surface area contributed by atoms with Gasteiger partial charge in [0.1, 0.15) is 0 Å². The molecule has 0 aliphatic carbocycles. The molecule has 0 aliphatic heterocycles. The van der Waals surface area contributed by atoms with Gasteiger partial charge in [-0.3, -0.25) is 4.79 Å². The first-order chi connectivity index (χ1) is 9.04. The summed E-state index contributed by atoms with van der Waals surface area (Å²) < 4.78 is 0. The maximum atomic E-state index is 11.8. The van der Waals surface area contributed by atoms with Crippen LogP contribution in [0.25, 0.3) is 6.08 Å². The molecule has 100 valence electrons. The van der Waals surface area contributed by atoms with E-state index < -0.39 is 0 Å². The molecule has 0 aliphatic rings. The van der Waals surface area contributed by atoms with Crippen molar-refractivity contribution in [1.29, 1.82) is 0 Å². The smallest absolute Gasteiger partial charge is 0.244 e. The number of nitrogens with zero attached hydrogens (tertiary/aromatic N) is 1. The summed E-state index contributed by atoms with van der Waals surface area (Å²) in [7, 11) is 0. The summed E-state index contributed by atoms with van der Waals surface area (Å²) in [5.41, 5.74) is 0.831. The molecule has 19 heavy (non-hydrogen) atoms. The molecular formula is C14H16N2OS2. The lowest BCUT2D eigenvalue weighted by molar-refractivity contribution is -0.117. The molecule has 2 rings (SSSR count). The Kier molecular flexibility index (Phi) is 4.50. The molecule has 0 saturated carbocycles. The fourth-order valence-electron chi connectivity index (χ4n) is 1.64. The monoisotopic (exact) mass is 292 g/mol. The van der Waals surface area contributed by atoms with E-state index in [0.29, 0.717) is 0 Å². The van der Waals surface area contributed by atoms with Crippen LogP contribution in [0.5, 0.6) is 0 Å². The summed E-state index contributed by atoms with van der Waals surface area (Å²) >= 11 is 3.28. The maximum Gasteiger partial charge on any atom is 0.244 e. The summed E-state index contributed by atoms with van der Waals surface area (Å²) in [5, 5.41) is 5.88. The summed E-state index contributed by atoms with van der Waals surface area (Å²) in [6.45, 7) is 6.00. The highest BCUT2D eigenvalue weighted by molar-refractivity contribution is 7.12. The quantitative estimate of drug-likeness (QED) is 0.873. The van der Waals surface area contributed by atoms with Crippen LogP contribution in [0, 0.1) is 13.8 Å². The third kappa shape index (κ3) is 4.01. The van der Waals surface area contributed by atoms with Crippen LogP contribution in [0.1, 0.15) is 33.4 Å². The molecule has 1 amide bonds. The lowest BCUT2D eigenvalue weighted by Crippen LogP contribution is -2.23. The molecule has 2 heterocycles. The normalized spacial score (nSPS) is 12.8. The lowest BCUT2D eigenvalue weighted by Gasteiger charge is -2.09. The van der Waals surface area contributed by atoms with Crippen LogP contribution >= 0.6 is 22.7 Å². The molecule has 2 aromatic heterocycles. The van der Waals surface area contributed by atoms with Crippen molar-refractivity contribution < 1.29 is 4.79 Å². The van der Waals surface area contributed by atoms with Gasteiger partial charge in [-0.2, -0.15) is 0 Å². The van der Waals surface area contributed by atoms with Crippen LogP contribution in [0.3, 0.4) is 0 Å². The fourth-order valence-corrected chi connectivity index (χ4v) is 3.10. The minimum atomic E-state index is -0.0933. The number of aromatic nitrogens is 1. The minimum Gasteiger partial charge on any atom is -0.345 e. The lowest BCUT2D eigenvalue weighted by atomic mass is 10.2. The molecule has 0 radical (unpaired) electrons. The third-order valence-electron chi connectivity index (χ3n) is 2.59.